The van der Waals surface area contributed by atoms with Crippen LogP contribution in [-0.4, -0.2) is 68.4 Å². The molecule has 4 rings (SSSR count). The Labute approximate surface area is 223 Å². The van der Waals surface area contributed by atoms with Gasteiger partial charge in [0.25, 0.3) is 0 Å². The molecule has 1 aromatic rings. The number of halogens is 2. The number of likely N-dealkylation sites (tertiary alicyclic amines) is 1. The number of benzene rings is 1. The second kappa shape index (κ2) is 11.0. The van der Waals surface area contributed by atoms with Gasteiger partial charge in [-0.25, -0.2) is 0 Å². The predicted molar refractivity (Wildman–Crippen MR) is 141 cm³/mol. The Hall–Kier alpha value is -1.29. The first-order valence-electron chi connectivity index (χ1n) is 12.2. The van der Waals surface area contributed by atoms with Gasteiger partial charge in [-0.3, -0.25) is 14.4 Å². The molecule has 35 heavy (non-hydrogen) atoms. The van der Waals surface area contributed by atoms with Gasteiger partial charge in [-0.1, -0.05) is 52.5 Å². The number of amides is 2. The van der Waals surface area contributed by atoms with Crippen molar-refractivity contribution in [2.75, 3.05) is 25.1 Å². The third-order valence-electron chi connectivity index (χ3n) is 7.37. The second-order valence-electron chi connectivity index (χ2n) is 9.51. The Morgan fingerprint density at radius 2 is 2.06 bits per heavy atom. The largest absolute Gasteiger partial charge is 0.466 e. The van der Waals surface area contributed by atoms with Crippen molar-refractivity contribution in [2.24, 2.45) is 11.8 Å². The Morgan fingerprint density at radius 1 is 1.31 bits per heavy atom. The Balaban J connectivity index is 1.67. The van der Waals surface area contributed by atoms with Crippen molar-refractivity contribution in [2.45, 2.75) is 66.8 Å². The van der Waals surface area contributed by atoms with Crippen molar-refractivity contribution >= 4 is 62.8 Å². The monoisotopic (exact) mass is 586 g/mol. The van der Waals surface area contributed by atoms with Crippen LogP contribution in [0.15, 0.2) is 18.2 Å². The van der Waals surface area contributed by atoms with E-state index < -0.39 is 22.6 Å². The van der Waals surface area contributed by atoms with E-state index in [1.165, 1.54) is 0 Å². The topological polar surface area (TPSA) is 95.9 Å². The van der Waals surface area contributed by atoms with Gasteiger partial charge < -0.3 is 20.1 Å². The number of nitrogens with zero attached hydrogens (tertiary/aromatic N) is 1. The first-order valence-corrected chi connectivity index (χ1v) is 14.4. The summed E-state index contributed by atoms with van der Waals surface area (Å²) in [5, 5.41) is 12.4. The number of para-hydroxylation sites is 1. The van der Waals surface area contributed by atoms with E-state index in [2.05, 4.69) is 21.2 Å². The molecule has 1 aromatic carbocycles. The van der Waals surface area contributed by atoms with Crippen LogP contribution in [0.1, 0.15) is 44.6 Å². The molecule has 192 valence electrons. The number of esters is 1. The van der Waals surface area contributed by atoms with Crippen LogP contribution in [0.2, 0.25) is 5.02 Å². The zero-order valence-electron chi connectivity index (χ0n) is 20.0. The van der Waals surface area contributed by atoms with Crippen molar-refractivity contribution in [3.8, 4) is 0 Å². The molecule has 3 fully saturated rings. The Morgan fingerprint density at radius 3 is 2.74 bits per heavy atom. The van der Waals surface area contributed by atoms with Gasteiger partial charge in [-0.15, -0.1) is 11.8 Å². The smallest absolute Gasteiger partial charge is 0.310 e. The number of carbonyl (C=O) groups excluding carboxylic acids is 3. The highest BCUT2D eigenvalue weighted by Crippen LogP contribution is 2.68. The number of ether oxygens (including phenoxy) is 1. The summed E-state index contributed by atoms with van der Waals surface area (Å²) in [6, 6.07) is 4.71. The first-order chi connectivity index (χ1) is 16.8. The Bertz CT molecular complexity index is 976. The summed E-state index contributed by atoms with van der Waals surface area (Å²) in [7, 11) is 0. The molecule has 0 radical (unpaired) electrons. The second-order valence-corrected chi connectivity index (χ2v) is 12.6. The molecule has 3 heterocycles. The van der Waals surface area contributed by atoms with E-state index in [1.54, 1.807) is 29.7 Å². The van der Waals surface area contributed by atoms with Crippen LogP contribution < -0.4 is 5.32 Å². The number of aryl methyl sites for hydroxylation is 1. The maximum Gasteiger partial charge on any atom is 0.310 e. The third-order valence-corrected chi connectivity index (χ3v) is 10.9. The zero-order chi connectivity index (χ0) is 25.3. The van der Waals surface area contributed by atoms with Gasteiger partial charge >= 0.3 is 5.97 Å². The standard InChI is InChI=1S/C25H32BrClN2O5S/c1-3-34-24(33)17-18-23(32)29(11-6-4-5-7-12-30)21(25(18)13-15(26)20(17)35-25)22(31)28-19-14(2)9-8-10-16(19)27/h8-10,15,17-18,20-21,30H,3-7,11-13H2,1-2H3,(H,28,31)/t15?,17-,18-,20-,21?,25?/m0/s1. The SMILES string of the molecule is CCOC(=O)[C@H]1[C@H]2C(=O)N(CCCCCCO)C(C(=O)Nc3c(C)cccc3Cl)C23CC(Br)[C@@H]1S3. The minimum Gasteiger partial charge on any atom is -0.466 e. The van der Waals surface area contributed by atoms with Crippen LogP contribution in [0.4, 0.5) is 5.69 Å². The molecule has 1 spiro atoms. The highest BCUT2D eigenvalue weighted by Gasteiger charge is 2.75. The molecule has 2 amide bonds. The molecule has 7 nitrogen and oxygen atoms in total. The number of rotatable bonds is 10. The van der Waals surface area contributed by atoms with Crippen LogP contribution in [0.25, 0.3) is 0 Å². The lowest BCUT2D eigenvalue weighted by molar-refractivity contribution is -0.153. The molecular weight excluding hydrogens is 556 g/mol. The number of hydrogen-bond donors (Lipinski definition) is 2. The van der Waals surface area contributed by atoms with E-state index in [4.69, 9.17) is 21.4 Å². The van der Waals surface area contributed by atoms with E-state index in [-0.39, 0.29) is 41.1 Å². The highest BCUT2D eigenvalue weighted by atomic mass is 79.9. The molecule has 6 atom stereocenters. The molecule has 0 aromatic heterocycles. The number of aliphatic hydroxyl groups excluding tert-OH is 1. The summed E-state index contributed by atoms with van der Waals surface area (Å²) in [6.07, 6.45) is 3.76. The fraction of sp³-hybridized carbons (Fsp3) is 0.640. The van der Waals surface area contributed by atoms with Crippen molar-refractivity contribution in [3.63, 3.8) is 0 Å². The molecule has 2 bridgehead atoms. The average molecular weight is 588 g/mol. The van der Waals surface area contributed by atoms with Crippen molar-refractivity contribution in [3.05, 3.63) is 28.8 Å². The summed E-state index contributed by atoms with van der Waals surface area (Å²) in [5.74, 6) is -1.95. The predicted octanol–water partition coefficient (Wildman–Crippen LogP) is 4.17. The van der Waals surface area contributed by atoms with Crippen LogP contribution in [0, 0.1) is 18.8 Å². The molecule has 2 N–H and O–H groups in total. The number of alkyl halides is 1. The molecule has 0 saturated carbocycles. The average Bonchev–Trinajstić information content (AvgIpc) is 3.40. The number of thioether (sulfide) groups is 1. The molecule has 3 saturated heterocycles. The lowest BCUT2D eigenvalue weighted by Gasteiger charge is -2.35. The number of aliphatic hydroxyl groups is 1. The van der Waals surface area contributed by atoms with Crippen molar-refractivity contribution < 1.29 is 24.2 Å². The lowest BCUT2D eigenvalue weighted by Crippen LogP contribution is -2.52. The van der Waals surface area contributed by atoms with E-state index in [9.17, 15) is 14.4 Å². The molecule has 3 aliphatic rings. The van der Waals surface area contributed by atoms with Gasteiger partial charge in [0.2, 0.25) is 11.8 Å². The third kappa shape index (κ3) is 4.74. The Kier molecular flexibility index (Phi) is 8.40. The summed E-state index contributed by atoms with van der Waals surface area (Å²) in [5.41, 5.74) is 1.38. The fourth-order valence-electron chi connectivity index (χ4n) is 5.91. The van der Waals surface area contributed by atoms with Crippen LogP contribution in [0.5, 0.6) is 0 Å². The molecule has 3 aliphatic heterocycles. The molecule has 3 unspecified atom stereocenters. The maximum atomic E-state index is 13.9. The lowest BCUT2D eigenvalue weighted by atomic mass is 9.71. The van der Waals surface area contributed by atoms with E-state index >= 15 is 0 Å². The summed E-state index contributed by atoms with van der Waals surface area (Å²) >= 11 is 11.7. The highest BCUT2D eigenvalue weighted by molar-refractivity contribution is 9.09. The van der Waals surface area contributed by atoms with Gasteiger partial charge in [-0.05, 0) is 44.7 Å². The molecular formula is C25H32BrClN2O5S. The number of fused-ring (bicyclic) bond motifs is 1. The van der Waals surface area contributed by atoms with E-state index in [0.717, 1.165) is 24.8 Å². The van der Waals surface area contributed by atoms with Gasteiger partial charge in [-0.2, -0.15) is 0 Å². The number of nitrogens with one attached hydrogen (secondary N) is 1. The zero-order valence-corrected chi connectivity index (χ0v) is 23.1. The van der Waals surface area contributed by atoms with Gasteiger partial charge in [0, 0.05) is 23.2 Å². The normalized spacial score (nSPS) is 31.1. The number of hydrogen-bond acceptors (Lipinski definition) is 6. The minimum absolute atomic E-state index is 0.00723. The number of anilines is 1. The summed E-state index contributed by atoms with van der Waals surface area (Å²) < 4.78 is 4.67. The van der Waals surface area contributed by atoms with Gasteiger partial charge in [0.1, 0.15) is 6.04 Å². The van der Waals surface area contributed by atoms with E-state index in [0.29, 0.717) is 30.1 Å². The fourth-order valence-corrected chi connectivity index (χ4v) is 9.78. The number of unbranched alkanes of at least 4 members (excludes halogenated alkanes) is 3. The summed E-state index contributed by atoms with van der Waals surface area (Å²) in [6.45, 7) is 4.45. The quantitative estimate of drug-likeness (QED) is 0.242. The van der Waals surface area contributed by atoms with Crippen LogP contribution >= 0.6 is 39.3 Å². The van der Waals surface area contributed by atoms with Gasteiger partial charge in [0.05, 0.1) is 33.9 Å². The molecule has 0 aliphatic carbocycles. The van der Waals surface area contributed by atoms with Crippen LogP contribution in [-0.2, 0) is 19.1 Å². The van der Waals surface area contributed by atoms with Gasteiger partial charge in [0.15, 0.2) is 0 Å². The van der Waals surface area contributed by atoms with Crippen LogP contribution in [0.3, 0.4) is 0 Å². The number of carbonyl (C=O) groups is 3. The van der Waals surface area contributed by atoms with Crippen molar-refractivity contribution in [1.82, 2.24) is 4.90 Å². The minimum atomic E-state index is -0.719. The first kappa shape index (κ1) is 26.8. The molecule has 10 heteroatoms. The maximum absolute atomic E-state index is 13.9. The van der Waals surface area contributed by atoms with Crippen molar-refractivity contribution in [1.29, 1.82) is 0 Å². The summed E-state index contributed by atoms with van der Waals surface area (Å²) in [4.78, 5) is 42.5. The van der Waals surface area contributed by atoms with E-state index in [1.807, 2.05) is 19.1 Å².